The second-order valence-electron chi connectivity index (χ2n) is 6.74. The summed E-state index contributed by atoms with van der Waals surface area (Å²) in [5.74, 6) is 0. The third kappa shape index (κ3) is 6.38. The molecule has 4 aromatic rings. The van der Waals surface area contributed by atoms with Gasteiger partial charge in [0, 0.05) is 11.4 Å². The number of rotatable bonds is 6. The zero-order valence-corrected chi connectivity index (χ0v) is 17.9. The quantitative estimate of drug-likeness (QED) is 0.236. The molecule has 0 unspecified atom stereocenters. The van der Waals surface area contributed by atoms with Gasteiger partial charge >= 0.3 is 0 Å². The molecule has 6 nitrogen and oxygen atoms in total. The van der Waals surface area contributed by atoms with Crippen molar-refractivity contribution >= 4 is 51.5 Å². The zero-order valence-electron chi connectivity index (χ0n) is 17.1. The monoisotopic (exact) mass is 436 g/mol. The normalized spacial score (nSPS) is 11.0. The van der Waals surface area contributed by atoms with Gasteiger partial charge in [-0.3, -0.25) is 0 Å². The maximum Gasteiger partial charge on any atom is 0.175 e. The highest BCUT2D eigenvalue weighted by Crippen LogP contribution is 2.22. The summed E-state index contributed by atoms with van der Waals surface area (Å²) in [5, 5.41) is 23.7. The van der Waals surface area contributed by atoms with Crippen LogP contribution in [0.2, 0.25) is 0 Å². The summed E-state index contributed by atoms with van der Waals surface area (Å²) in [4.78, 5) is 0. The summed E-state index contributed by atoms with van der Waals surface area (Å²) in [6.07, 6.45) is 0. The van der Waals surface area contributed by atoms with Gasteiger partial charge in [-0.1, -0.05) is 36.4 Å². The first-order chi connectivity index (χ1) is 15.7. The Morgan fingerprint density at radius 1 is 0.438 bits per heavy atom. The van der Waals surface area contributed by atoms with Crippen molar-refractivity contribution in [3.63, 3.8) is 0 Å². The summed E-state index contributed by atoms with van der Waals surface area (Å²) in [6.45, 7) is 0. The van der Waals surface area contributed by atoms with Gasteiger partial charge in [0.25, 0.3) is 0 Å². The van der Waals surface area contributed by atoms with Crippen LogP contribution in [0.3, 0.4) is 0 Å². The molecule has 0 saturated heterocycles. The van der Waals surface area contributed by atoms with Gasteiger partial charge in [-0.2, -0.15) is 20.5 Å². The highest BCUT2D eigenvalue weighted by atomic mass is 32.1. The van der Waals surface area contributed by atoms with E-state index in [-0.39, 0.29) is 0 Å². The third-order valence-corrected chi connectivity index (χ3v) is 4.53. The van der Waals surface area contributed by atoms with Crippen LogP contribution < -0.4 is 10.6 Å². The summed E-state index contributed by atoms with van der Waals surface area (Å²) in [7, 11) is 0. The van der Waals surface area contributed by atoms with E-state index in [1.54, 1.807) is 0 Å². The number of azo groups is 2. The van der Waals surface area contributed by atoms with E-state index in [0.29, 0.717) is 5.11 Å². The van der Waals surface area contributed by atoms with Gasteiger partial charge < -0.3 is 10.6 Å². The Labute approximate surface area is 191 Å². The van der Waals surface area contributed by atoms with Gasteiger partial charge in [-0.05, 0) is 85.0 Å². The molecule has 0 aliphatic rings. The lowest BCUT2D eigenvalue weighted by Gasteiger charge is -2.10. The van der Waals surface area contributed by atoms with Gasteiger partial charge in [0.1, 0.15) is 0 Å². The predicted molar refractivity (Wildman–Crippen MR) is 134 cm³/mol. The lowest BCUT2D eigenvalue weighted by atomic mass is 10.3. The Bertz CT molecular complexity index is 1110. The van der Waals surface area contributed by atoms with Gasteiger partial charge in [0.2, 0.25) is 0 Å². The topological polar surface area (TPSA) is 73.5 Å². The number of nitrogens with one attached hydrogen (secondary N) is 2. The van der Waals surface area contributed by atoms with Crippen LogP contribution in [0.4, 0.5) is 34.1 Å². The van der Waals surface area contributed by atoms with E-state index in [9.17, 15) is 0 Å². The second kappa shape index (κ2) is 10.7. The van der Waals surface area contributed by atoms with Crippen LogP contribution in [-0.4, -0.2) is 5.11 Å². The van der Waals surface area contributed by atoms with Crippen molar-refractivity contribution in [3.05, 3.63) is 109 Å². The van der Waals surface area contributed by atoms with Gasteiger partial charge in [-0.25, -0.2) is 0 Å². The molecule has 0 fully saturated rings. The van der Waals surface area contributed by atoms with Crippen LogP contribution in [0, 0.1) is 0 Å². The molecule has 0 saturated carbocycles. The standard InChI is InChI=1S/C25H20N6S/c32-25(26-19-11-15-23(16-12-19)30-28-21-7-3-1-4-8-21)27-20-13-17-24(18-14-20)31-29-22-9-5-2-6-10-22/h1-18H,(H2,26,27,32). The van der Waals surface area contributed by atoms with E-state index in [2.05, 4.69) is 31.1 Å². The molecule has 0 heterocycles. The largest absolute Gasteiger partial charge is 0.332 e. The molecule has 0 amide bonds. The van der Waals surface area contributed by atoms with Crippen LogP contribution in [0.25, 0.3) is 0 Å². The van der Waals surface area contributed by atoms with Crippen LogP contribution in [0.15, 0.2) is 130 Å². The van der Waals surface area contributed by atoms with E-state index in [0.717, 1.165) is 34.1 Å². The molecule has 4 rings (SSSR count). The number of hydrogen-bond acceptors (Lipinski definition) is 5. The molecule has 0 atom stereocenters. The van der Waals surface area contributed by atoms with Crippen LogP contribution in [-0.2, 0) is 0 Å². The predicted octanol–water partition coefficient (Wildman–Crippen LogP) is 8.33. The second-order valence-corrected chi connectivity index (χ2v) is 7.15. The Morgan fingerprint density at radius 3 is 1.09 bits per heavy atom. The molecule has 0 radical (unpaired) electrons. The van der Waals surface area contributed by atoms with Crippen LogP contribution >= 0.6 is 12.2 Å². The van der Waals surface area contributed by atoms with Gasteiger partial charge in [-0.15, -0.1) is 0 Å². The van der Waals surface area contributed by atoms with Gasteiger partial charge in [0.05, 0.1) is 22.7 Å². The number of nitrogens with zero attached hydrogens (tertiary/aromatic N) is 4. The molecule has 0 bridgehead atoms. The lowest BCUT2D eigenvalue weighted by molar-refractivity contribution is 1.23. The average molecular weight is 437 g/mol. The van der Waals surface area contributed by atoms with Crippen LogP contribution in [0.1, 0.15) is 0 Å². The molecular weight excluding hydrogens is 416 g/mol. The third-order valence-electron chi connectivity index (χ3n) is 4.32. The fourth-order valence-electron chi connectivity index (χ4n) is 2.74. The summed E-state index contributed by atoms with van der Waals surface area (Å²) >= 11 is 5.41. The molecule has 0 spiro atoms. The van der Waals surface area contributed by atoms with E-state index in [1.165, 1.54) is 0 Å². The van der Waals surface area contributed by atoms with E-state index >= 15 is 0 Å². The fourth-order valence-corrected chi connectivity index (χ4v) is 2.97. The van der Waals surface area contributed by atoms with Gasteiger partial charge in [0.15, 0.2) is 5.11 Å². The number of thiocarbonyl (C=S) groups is 1. The summed E-state index contributed by atoms with van der Waals surface area (Å²) < 4.78 is 0. The lowest BCUT2D eigenvalue weighted by Crippen LogP contribution is -2.18. The van der Waals surface area contributed by atoms with Crippen molar-refractivity contribution in [1.29, 1.82) is 0 Å². The first-order valence-corrected chi connectivity index (χ1v) is 10.4. The Hall–Kier alpha value is -4.23. The summed E-state index contributed by atoms with van der Waals surface area (Å²) in [6, 6.07) is 34.4. The number of hydrogen-bond donors (Lipinski definition) is 2. The van der Waals surface area contributed by atoms with Crippen molar-refractivity contribution in [2.75, 3.05) is 10.6 Å². The minimum atomic E-state index is 0.488. The van der Waals surface area contributed by atoms with E-state index in [1.807, 2.05) is 109 Å². The smallest absolute Gasteiger partial charge is 0.175 e. The summed E-state index contributed by atoms with van der Waals surface area (Å²) in [5.41, 5.74) is 4.86. The van der Waals surface area contributed by atoms with Crippen molar-refractivity contribution in [2.45, 2.75) is 0 Å². The maximum atomic E-state index is 5.41. The minimum absolute atomic E-state index is 0.488. The molecule has 32 heavy (non-hydrogen) atoms. The fraction of sp³-hybridized carbons (Fsp3) is 0. The Morgan fingerprint density at radius 2 is 0.750 bits per heavy atom. The number of anilines is 2. The average Bonchev–Trinajstić information content (AvgIpc) is 2.84. The molecule has 0 aliphatic carbocycles. The SMILES string of the molecule is S=C(Nc1ccc(N=Nc2ccccc2)cc1)Nc1ccc(N=Nc2ccccc2)cc1. The zero-order chi connectivity index (χ0) is 22.0. The number of benzene rings is 4. The Kier molecular flexibility index (Phi) is 7.03. The minimum Gasteiger partial charge on any atom is -0.332 e. The molecule has 0 aromatic heterocycles. The van der Waals surface area contributed by atoms with Crippen molar-refractivity contribution < 1.29 is 0 Å². The molecular formula is C25H20N6S. The first kappa shape index (κ1) is 21.0. The highest BCUT2D eigenvalue weighted by molar-refractivity contribution is 7.80. The highest BCUT2D eigenvalue weighted by Gasteiger charge is 2.00. The van der Waals surface area contributed by atoms with Crippen LogP contribution in [0.5, 0.6) is 0 Å². The molecule has 4 aromatic carbocycles. The maximum absolute atomic E-state index is 5.41. The molecule has 2 N–H and O–H groups in total. The van der Waals surface area contributed by atoms with Crippen molar-refractivity contribution in [2.24, 2.45) is 20.5 Å². The van der Waals surface area contributed by atoms with E-state index < -0.39 is 0 Å². The van der Waals surface area contributed by atoms with E-state index in [4.69, 9.17) is 12.2 Å². The van der Waals surface area contributed by atoms with Crippen molar-refractivity contribution in [1.82, 2.24) is 0 Å². The molecule has 0 aliphatic heterocycles. The molecule has 156 valence electrons. The Balaban J connectivity index is 1.29. The van der Waals surface area contributed by atoms with Crippen molar-refractivity contribution in [3.8, 4) is 0 Å². The first-order valence-electron chi connectivity index (χ1n) is 9.96. The molecule has 7 heteroatoms.